The van der Waals surface area contributed by atoms with Crippen LogP contribution < -0.4 is 15.0 Å². The van der Waals surface area contributed by atoms with Crippen LogP contribution in [-0.2, 0) is 6.54 Å². The molecule has 1 aromatic carbocycles. The fourth-order valence-corrected chi connectivity index (χ4v) is 2.47. The molecule has 0 saturated heterocycles. The summed E-state index contributed by atoms with van der Waals surface area (Å²) in [5.74, 6) is 1.77. The molecular formula is C16H20N4O. The maximum atomic E-state index is 5.78. The van der Waals surface area contributed by atoms with Gasteiger partial charge in [0.2, 0.25) is 0 Å². The molecule has 2 heterocycles. The molecule has 1 N–H and O–H groups in total. The number of hydrogen-bond donors (Lipinski definition) is 1. The normalized spacial score (nSPS) is 14.0. The van der Waals surface area contributed by atoms with Gasteiger partial charge < -0.3 is 15.0 Å². The van der Waals surface area contributed by atoms with Gasteiger partial charge in [-0.15, -0.1) is 0 Å². The number of ether oxygens (including phenoxy) is 1. The zero-order valence-corrected chi connectivity index (χ0v) is 12.2. The largest absolute Gasteiger partial charge is 0.491 e. The molecule has 0 unspecified atom stereocenters. The van der Waals surface area contributed by atoms with Gasteiger partial charge in [0, 0.05) is 13.1 Å². The highest BCUT2D eigenvalue weighted by Crippen LogP contribution is 2.31. The molecule has 0 amide bonds. The van der Waals surface area contributed by atoms with E-state index in [4.69, 9.17) is 4.74 Å². The van der Waals surface area contributed by atoms with Crippen molar-refractivity contribution in [1.82, 2.24) is 9.97 Å². The van der Waals surface area contributed by atoms with Gasteiger partial charge in [-0.2, -0.15) is 0 Å². The summed E-state index contributed by atoms with van der Waals surface area (Å²) in [6.07, 6.45) is 4.64. The number of para-hydroxylation sites is 2. The van der Waals surface area contributed by atoms with Crippen LogP contribution in [0.25, 0.3) is 0 Å². The minimum absolute atomic E-state index is 0.750. The van der Waals surface area contributed by atoms with Gasteiger partial charge in [-0.3, -0.25) is 4.98 Å². The molecule has 5 nitrogen and oxygen atoms in total. The van der Waals surface area contributed by atoms with Gasteiger partial charge in [0.1, 0.15) is 11.6 Å². The fourth-order valence-electron chi connectivity index (χ4n) is 2.47. The van der Waals surface area contributed by atoms with E-state index in [0.29, 0.717) is 0 Å². The number of nitrogens with one attached hydrogen (secondary N) is 1. The van der Waals surface area contributed by atoms with Gasteiger partial charge in [-0.05, 0) is 25.5 Å². The summed E-state index contributed by atoms with van der Waals surface area (Å²) in [5.41, 5.74) is 2.10. The van der Waals surface area contributed by atoms with Crippen molar-refractivity contribution in [2.24, 2.45) is 0 Å². The van der Waals surface area contributed by atoms with Crippen molar-refractivity contribution in [2.45, 2.75) is 19.9 Å². The Hall–Kier alpha value is -2.30. The summed E-state index contributed by atoms with van der Waals surface area (Å²) in [6, 6.07) is 8.17. The quantitative estimate of drug-likeness (QED) is 0.935. The molecule has 3 rings (SSSR count). The molecule has 0 radical (unpaired) electrons. The second-order valence-electron chi connectivity index (χ2n) is 5.01. The molecular weight excluding hydrogens is 264 g/mol. The minimum Gasteiger partial charge on any atom is -0.491 e. The van der Waals surface area contributed by atoms with E-state index in [9.17, 15) is 0 Å². The van der Waals surface area contributed by atoms with Gasteiger partial charge in [-0.1, -0.05) is 12.1 Å². The first-order valence-corrected chi connectivity index (χ1v) is 7.38. The zero-order chi connectivity index (χ0) is 14.5. The third kappa shape index (κ3) is 3.24. The van der Waals surface area contributed by atoms with E-state index in [1.165, 1.54) is 0 Å². The summed E-state index contributed by atoms with van der Waals surface area (Å²) < 4.78 is 5.78. The first-order chi connectivity index (χ1) is 10.4. The van der Waals surface area contributed by atoms with Crippen LogP contribution in [0.5, 0.6) is 5.75 Å². The number of aromatic nitrogens is 2. The average Bonchev–Trinajstić information content (AvgIpc) is 2.72. The number of anilines is 2. The Balaban J connectivity index is 1.77. The average molecular weight is 284 g/mol. The van der Waals surface area contributed by atoms with Crippen LogP contribution in [0.4, 0.5) is 11.5 Å². The Labute approximate surface area is 125 Å². The Kier molecular flexibility index (Phi) is 4.19. The van der Waals surface area contributed by atoms with Gasteiger partial charge >= 0.3 is 0 Å². The Morgan fingerprint density at radius 3 is 2.95 bits per heavy atom. The second-order valence-corrected chi connectivity index (χ2v) is 5.01. The number of rotatable bonds is 4. The molecule has 0 aliphatic carbocycles. The van der Waals surface area contributed by atoms with Gasteiger partial charge in [0.05, 0.1) is 36.9 Å². The molecule has 1 aliphatic heterocycles. The first kappa shape index (κ1) is 13.7. The highest BCUT2D eigenvalue weighted by molar-refractivity contribution is 5.59. The molecule has 5 heteroatoms. The lowest BCUT2D eigenvalue weighted by Gasteiger charge is -2.23. The molecule has 0 fully saturated rings. The van der Waals surface area contributed by atoms with Crippen molar-refractivity contribution in [3.05, 3.63) is 42.4 Å². The molecule has 0 spiro atoms. The Morgan fingerprint density at radius 1 is 1.24 bits per heavy atom. The van der Waals surface area contributed by atoms with E-state index >= 15 is 0 Å². The fraction of sp³-hybridized carbons (Fsp3) is 0.375. The third-order valence-electron chi connectivity index (χ3n) is 3.45. The van der Waals surface area contributed by atoms with Gasteiger partial charge in [-0.25, -0.2) is 4.98 Å². The highest BCUT2D eigenvalue weighted by atomic mass is 16.5. The summed E-state index contributed by atoms with van der Waals surface area (Å²) in [4.78, 5) is 11.2. The van der Waals surface area contributed by atoms with Crippen LogP contribution >= 0.6 is 0 Å². The molecule has 110 valence electrons. The lowest BCUT2D eigenvalue weighted by molar-refractivity contribution is 0.322. The summed E-state index contributed by atoms with van der Waals surface area (Å²) in [7, 11) is 0. The van der Waals surface area contributed by atoms with E-state index in [0.717, 1.165) is 55.6 Å². The number of hydrogen-bond acceptors (Lipinski definition) is 5. The number of nitrogens with zero attached hydrogens (tertiary/aromatic N) is 3. The van der Waals surface area contributed by atoms with Crippen molar-refractivity contribution in [3.8, 4) is 5.75 Å². The van der Waals surface area contributed by atoms with E-state index in [2.05, 4.69) is 26.3 Å². The molecule has 2 aromatic rings. The first-order valence-electron chi connectivity index (χ1n) is 7.38. The summed E-state index contributed by atoms with van der Waals surface area (Å²) in [6.45, 7) is 5.38. The SMILES string of the molecule is CCNc1cnc(CN2CCCOc3ccccc32)cn1. The summed E-state index contributed by atoms with van der Waals surface area (Å²) in [5, 5.41) is 3.16. The lowest BCUT2D eigenvalue weighted by Crippen LogP contribution is -2.23. The van der Waals surface area contributed by atoms with Crippen molar-refractivity contribution in [2.75, 3.05) is 29.9 Å². The second kappa shape index (κ2) is 6.43. The Morgan fingerprint density at radius 2 is 2.14 bits per heavy atom. The smallest absolute Gasteiger partial charge is 0.144 e. The number of benzene rings is 1. The third-order valence-corrected chi connectivity index (χ3v) is 3.45. The van der Waals surface area contributed by atoms with Crippen LogP contribution in [0.1, 0.15) is 19.0 Å². The Bertz CT molecular complexity index is 585. The van der Waals surface area contributed by atoms with Crippen molar-refractivity contribution >= 4 is 11.5 Å². The van der Waals surface area contributed by atoms with E-state index < -0.39 is 0 Å². The standard InChI is InChI=1S/C16H20N4O/c1-2-17-16-11-18-13(10-19-16)12-20-8-5-9-21-15-7-4-3-6-14(15)20/h3-4,6-7,10-11H,2,5,8-9,12H2,1H3,(H,17,19). The molecule has 0 atom stereocenters. The van der Waals surface area contributed by atoms with E-state index in [1.54, 1.807) is 6.20 Å². The lowest BCUT2D eigenvalue weighted by atomic mass is 10.2. The minimum atomic E-state index is 0.750. The maximum Gasteiger partial charge on any atom is 0.144 e. The van der Waals surface area contributed by atoms with Gasteiger partial charge in [0.15, 0.2) is 0 Å². The van der Waals surface area contributed by atoms with Crippen molar-refractivity contribution in [3.63, 3.8) is 0 Å². The van der Waals surface area contributed by atoms with Crippen LogP contribution in [0.2, 0.25) is 0 Å². The van der Waals surface area contributed by atoms with Crippen LogP contribution in [0.15, 0.2) is 36.7 Å². The number of fused-ring (bicyclic) bond motifs is 1. The van der Waals surface area contributed by atoms with Crippen LogP contribution in [0, 0.1) is 0 Å². The molecule has 1 aromatic heterocycles. The summed E-state index contributed by atoms with van der Waals surface area (Å²) >= 11 is 0. The van der Waals surface area contributed by atoms with Gasteiger partial charge in [0.25, 0.3) is 0 Å². The van der Waals surface area contributed by atoms with E-state index in [-0.39, 0.29) is 0 Å². The predicted octanol–water partition coefficient (Wildman–Crippen LogP) is 2.70. The van der Waals surface area contributed by atoms with Crippen LogP contribution in [-0.4, -0.2) is 29.7 Å². The molecule has 0 bridgehead atoms. The maximum absolute atomic E-state index is 5.78. The monoisotopic (exact) mass is 284 g/mol. The topological polar surface area (TPSA) is 50.3 Å². The zero-order valence-electron chi connectivity index (χ0n) is 12.2. The van der Waals surface area contributed by atoms with Crippen molar-refractivity contribution in [1.29, 1.82) is 0 Å². The van der Waals surface area contributed by atoms with E-state index in [1.807, 2.05) is 31.3 Å². The molecule has 0 saturated carbocycles. The molecule has 21 heavy (non-hydrogen) atoms. The predicted molar refractivity (Wildman–Crippen MR) is 83.8 cm³/mol. The molecule has 1 aliphatic rings. The highest BCUT2D eigenvalue weighted by Gasteiger charge is 2.16. The van der Waals surface area contributed by atoms with Crippen LogP contribution in [0.3, 0.4) is 0 Å². The van der Waals surface area contributed by atoms with Crippen molar-refractivity contribution < 1.29 is 4.74 Å².